The third-order valence-corrected chi connectivity index (χ3v) is 12.5. The van der Waals surface area contributed by atoms with Crippen LogP contribution < -0.4 is 0 Å². The summed E-state index contributed by atoms with van der Waals surface area (Å²) in [6, 6.07) is 16.6. The van der Waals surface area contributed by atoms with Crippen LogP contribution >= 0.6 is 0 Å². The minimum Gasteiger partial charge on any atom is -0.448 e. The molecule has 0 atom stereocenters. The highest BCUT2D eigenvalue weighted by Crippen LogP contribution is 2.44. The molecule has 0 N–H and O–H groups in total. The summed E-state index contributed by atoms with van der Waals surface area (Å²) in [5, 5.41) is 0. The zero-order chi connectivity index (χ0) is 51.6. The highest BCUT2D eigenvalue weighted by Gasteiger charge is 2.29. The molecule has 1 amide bonds. The van der Waals surface area contributed by atoms with Gasteiger partial charge in [0, 0.05) is 26.1 Å². The molecule has 0 radical (unpaired) electrons. The zero-order valence-electron chi connectivity index (χ0n) is 45.6. The molecule has 2 aromatic rings. The molecule has 1 aliphatic rings. The van der Waals surface area contributed by atoms with Crippen molar-refractivity contribution in [1.29, 1.82) is 0 Å². The Morgan fingerprint density at radius 2 is 0.616 bits per heavy atom. The van der Waals surface area contributed by atoms with E-state index in [-0.39, 0.29) is 12.0 Å². The van der Waals surface area contributed by atoms with E-state index in [1.165, 1.54) is 123 Å². The summed E-state index contributed by atoms with van der Waals surface area (Å²) >= 11 is 0. The van der Waals surface area contributed by atoms with Crippen molar-refractivity contribution in [2.75, 3.05) is 179 Å². The maximum Gasteiger partial charge on any atom is 0.409 e. The van der Waals surface area contributed by atoms with Crippen molar-refractivity contribution < 1.29 is 66.4 Å². The Morgan fingerprint density at radius 3 is 0.932 bits per heavy atom. The molecular formula is C58H99NO14. The zero-order valence-corrected chi connectivity index (χ0v) is 45.6. The summed E-state index contributed by atoms with van der Waals surface area (Å²) in [6.07, 6.45) is 21.8. The monoisotopic (exact) mass is 1030 g/mol. The van der Waals surface area contributed by atoms with Crippen molar-refractivity contribution in [3.05, 3.63) is 59.7 Å². The molecule has 15 heteroatoms. The van der Waals surface area contributed by atoms with Gasteiger partial charge in [0.2, 0.25) is 0 Å². The van der Waals surface area contributed by atoms with Crippen molar-refractivity contribution in [3.8, 4) is 11.1 Å². The van der Waals surface area contributed by atoms with E-state index in [0.717, 1.165) is 13.0 Å². The fourth-order valence-corrected chi connectivity index (χ4v) is 8.27. The van der Waals surface area contributed by atoms with Crippen molar-refractivity contribution in [3.63, 3.8) is 0 Å². The Morgan fingerprint density at radius 1 is 0.356 bits per heavy atom. The Bertz CT molecular complexity index is 1480. The number of hydrogen-bond acceptors (Lipinski definition) is 14. The Labute approximate surface area is 441 Å². The maximum atomic E-state index is 12.7. The Kier molecular flexibility index (Phi) is 43.2. The molecular weight excluding hydrogens is 935 g/mol. The Hall–Kier alpha value is -2.77. The fraction of sp³-hybridized carbons (Fsp3) is 0.776. The minimum absolute atomic E-state index is 0.0366. The van der Waals surface area contributed by atoms with Crippen LogP contribution in [0.2, 0.25) is 0 Å². The summed E-state index contributed by atoms with van der Waals surface area (Å²) in [7, 11) is 1.72. The summed E-state index contributed by atoms with van der Waals surface area (Å²) in [5.74, 6) is 0.0366. The fourth-order valence-electron chi connectivity index (χ4n) is 8.27. The first kappa shape index (κ1) is 64.5. The molecule has 0 saturated carbocycles. The van der Waals surface area contributed by atoms with E-state index < -0.39 is 0 Å². The highest BCUT2D eigenvalue weighted by atomic mass is 16.6. The average molecular weight is 1030 g/mol. The third kappa shape index (κ3) is 35.2. The number of hydrogen-bond donors (Lipinski definition) is 0. The van der Waals surface area contributed by atoms with Crippen LogP contribution in [0, 0.1) is 0 Å². The molecule has 0 spiro atoms. The number of carbonyl (C=O) groups is 1. The third-order valence-electron chi connectivity index (χ3n) is 12.5. The van der Waals surface area contributed by atoms with E-state index in [1.807, 2.05) is 24.3 Å². The summed E-state index contributed by atoms with van der Waals surface area (Å²) in [6.45, 7) is 15.4. The molecule has 3 rings (SSSR count). The van der Waals surface area contributed by atoms with Crippen LogP contribution in [0.5, 0.6) is 0 Å². The van der Waals surface area contributed by atoms with Gasteiger partial charge in [-0.05, 0) is 28.7 Å². The molecule has 1 aliphatic carbocycles. The van der Waals surface area contributed by atoms with Gasteiger partial charge in [0.1, 0.15) is 6.61 Å². The minimum atomic E-state index is -0.363. The first-order valence-electron chi connectivity index (χ1n) is 28.2. The number of benzene rings is 2. The molecule has 73 heavy (non-hydrogen) atoms. The van der Waals surface area contributed by atoms with Crippen LogP contribution in [0.3, 0.4) is 0 Å². The molecule has 420 valence electrons. The molecule has 0 saturated heterocycles. The summed E-state index contributed by atoms with van der Waals surface area (Å²) in [4.78, 5) is 14.2. The predicted octanol–water partition coefficient (Wildman–Crippen LogP) is 10.3. The average Bonchev–Trinajstić information content (AvgIpc) is 3.73. The van der Waals surface area contributed by atoms with Gasteiger partial charge in [0.25, 0.3) is 0 Å². The van der Waals surface area contributed by atoms with Gasteiger partial charge < -0.3 is 66.5 Å². The normalized spacial score (nSPS) is 12.2. The molecule has 0 aliphatic heterocycles. The van der Waals surface area contributed by atoms with Gasteiger partial charge in [-0.1, -0.05) is 152 Å². The van der Waals surface area contributed by atoms with Crippen LogP contribution in [0.25, 0.3) is 11.1 Å². The van der Waals surface area contributed by atoms with Gasteiger partial charge >= 0.3 is 6.09 Å². The quantitative estimate of drug-likeness (QED) is 0.0581. The van der Waals surface area contributed by atoms with Crippen molar-refractivity contribution >= 4 is 6.09 Å². The molecule has 0 heterocycles. The van der Waals surface area contributed by atoms with Gasteiger partial charge in [0.15, 0.2) is 0 Å². The molecule has 0 aromatic heterocycles. The number of rotatable bonds is 55. The lowest BCUT2D eigenvalue weighted by Crippen LogP contribution is -2.32. The first-order chi connectivity index (χ1) is 36.2. The van der Waals surface area contributed by atoms with Gasteiger partial charge in [-0.3, -0.25) is 0 Å². The molecule has 0 unspecified atom stereocenters. The van der Waals surface area contributed by atoms with Crippen molar-refractivity contribution in [2.24, 2.45) is 0 Å². The van der Waals surface area contributed by atoms with E-state index in [9.17, 15) is 4.79 Å². The van der Waals surface area contributed by atoms with Gasteiger partial charge in [-0.15, -0.1) is 0 Å². The van der Waals surface area contributed by atoms with E-state index in [1.54, 1.807) is 7.05 Å². The van der Waals surface area contributed by atoms with Crippen molar-refractivity contribution in [1.82, 2.24) is 4.90 Å². The van der Waals surface area contributed by atoms with E-state index in [0.29, 0.717) is 165 Å². The van der Waals surface area contributed by atoms with E-state index in [4.69, 9.17) is 61.6 Å². The second-order valence-corrected chi connectivity index (χ2v) is 18.4. The first-order valence-corrected chi connectivity index (χ1v) is 28.2. The number of unbranched alkanes of at least 4 members (excludes halogenated alkanes) is 15. The topological polar surface area (TPSA) is 140 Å². The lowest BCUT2D eigenvalue weighted by molar-refractivity contribution is -0.0284. The second-order valence-electron chi connectivity index (χ2n) is 18.4. The number of ether oxygens (including phenoxy) is 13. The molecule has 2 aromatic carbocycles. The number of fused-ring (bicyclic) bond motifs is 3. The van der Waals surface area contributed by atoms with Crippen molar-refractivity contribution in [2.45, 2.75) is 116 Å². The molecule has 0 fully saturated rings. The van der Waals surface area contributed by atoms with Gasteiger partial charge in [0.05, 0.1) is 152 Å². The van der Waals surface area contributed by atoms with Crippen LogP contribution in [-0.4, -0.2) is 190 Å². The number of amides is 1. The molecule has 0 bridgehead atoms. The van der Waals surface area contributed by atoms with E-state index in [2.05, 4.69) is 31.2 Å². The standard InChI is InChI=1S/C58H99NO14/c1-3-4-5-6-7-8-9-10-11-12-13-14-15-16-17-22-28-61-30-32-63-34-36-65-38-40-67-42-44-69-46-48-71-50-51-72-49-47-70-45-43-68-41-39-66-37-35-64-33-31-62-29-27-59(2)58(60)73-52-57-55-25-20-18-23-53(55)54-24-19-21-26-56(54)57/h18-21,23-26,57H,3-17,22,27-52H2,1-2H3. The van der Waals surface area contributed by atoms with Crippen LogP contribution in [0.1, 0.15) is 127 Å². The van der Waals surface area contributed by atoms with Crippen LogP contribution in [0.15, 0.2) is 48.5 Å². The van der Waals surface area contributed by atoms with Gasteiger partial charge in [-0.2, -0.15) is 0 Å². The highest BCUT2D eigenvalue weighted by molar-refractivity contribution is 5.79. The number of carbonyl (C=O) groups excluding carboxylic acids is 1. The largest absolute Gasteiger partial charge is 0.448 e. The maximum absolute atomic E-state index is 12.7. The number of nitrogens with zero attached hydrogens (tertiary/aromatic N) is 1. The van der Waals surface area contributed by atoms with E-state index >= 15 is 0 Å². The SMILES string of the molecule is CCCCCCCCCCCCCCCCCCOCCOCCOCCOCCOCCOCCOCCOCCOCCOCCOCCOCCN(C)C(=O)OCC1c2ccccc2-c2ccccc21. The predicted molar refractivity (Wildman–Crippen MR) is 287 cm³/mol. The van der Waals surface area contributed by atoms with Crippen LogP contribution in [-0.2, 0) is 61.6 Å². The van der Waals surface area contributed by atoms with Crippen LogP contribution in [0.4, 0.5) is 4.79 Å². The summed E-state index contributed by atoms with van der Waals surface area (Å²) < 4.78 is 72.6. The van der Waals surface area contributed by atoms with Gasteiger partial charge in [-0.25, -0.2) is 4.79 Å². The summed E-state index contributed by atoms with van der Waals surface area (Å²) in [5.41, 5.74) is 4.80. The smallest absolute Gasteiger partial charge is 0.409 e. The number of likely N-dealkylation sites (N-methyl/N-ethyl adjacent to an activating group) is 1. The lowest BCUT2D eigenvalue weighted by Gasteiger charge is -2.19. The lowest BCUT2D eigenvalue weighted by atomic mass is 9.98. The second kappa shape index (κ2) is 48.8. The molecule has 15 nitrogen and oxygen atoms in total. The Balaban J connectivity index is 0.894.